The van der Waals surface area contributed by atoms with Crippen LogP contribution in [0.4, 0.5) is 10.7 Å². The van der Waals surface area contributed by atoms with E-state index in [1.807, 2.05) is 32.6 Å². The van der Waals surface area contributed by atoms with Crippen LogP contribution in [0.3, 0.4) is 0 Å². The molecule has 3 rings (SSSR count). The smallest absolute Gasteiger partial charge is 0.410 e. The van der Waals surface area contributed by atoms with E-state index in [4.69, 9.17) is 16.3 Å². The van der Waals surface area contributed by atoms with Crippen molar-refractivity contribution in [3.05, 3.63) is 11.2 Å². The first kappa shape index (κ1) is 21.6. The number of hydrogen-bond acceptors (Lipinski definition) is 8. The average molecular weight is 445 g/mol. The summed E-state index contributed by atoms with van der Waals surface area (Å²) in [6, 6.07) is -0.107. The van der Waals surface area contributed by atoms with Gasteiger partial charge in [-0.25, -0.2) is 13.2 Å². The summed E-state index contributed by atoms with van der Waals surface area (Å²) in [5.74, 6) is 0.331. The highest BCUT2D eigenvalue weighted by atomic mass is 35.5. The molecule has 160 valence electrons. The van der Waals surface area contributed by atoms with Crippen LogP contribution in [0, 0.1) is 0 Å². The highest BCUT2D eigenvalue weighted by Crippen LogP contribution is 2.26. The molecule has 1 fully saturated rings. The first-order valence-electron chi connectivity index (χ1n) is 9.26. The SMILES string of the molecule is CC[C@H]1CN(C(=O)OC(C)(C)C)CCN1c1nc(S(C)(=O)=O)nc2c(Cl)cnn12. The molecule has 0 bridgehead atoms. The molecular formula is C17H25ClN6O4S. The van der Waals surface area contributed by atoms with Crippen LogP contribution in [0.2, 0.25) is 5.02 Å². The molecule has 2 aromatic heterocycles. The summed E-state index contributed by atoms with van der Waals surface area (Å²) in [6.07, 6.45) is 2.78. The van der Waals surface area contributed by atoms with Gasteiger partial charge >= 0.3 is 6.09 Å². The summed E-state index contributed by atoms with van der Waals surface area (Å²) in [4.78, 5) is 24.4. The van der Waals surface area contributed by atoms with Gasteiger partial charge in [-0.05, 0) is 27.2 Å². The molecule has 0 aromatic carbocycles. The molecule has 0 radical (unpaired) electrons. The maximum Gasteiger partial charge on any atom is 0.410 e. The largest absolute Gasteiger partial charge is 0.444 e. The number of ether oxygens (including phenoxy) is 1. The second-order valence-electron chi connectivity index (χ2n) is 7.99. The molecule has 0 saturated carbocycles. The van der Waals surface area contributed by atoms with E-state index in [0.717, 1.165) is 6.26 Å². The number of rotatable bonds is 3. The summed E-state index contributed by atoms with van der Waals surface area (Å²) in [5, 5.41) is 4.13. The normalized spacial score (nSPS) is 18.3. The summed E-state index contributed by atoms with van der Waals surface area (Å²) in [6.45, 7) is 8.71. The fourth-order valence-corrected chi connectivity index (χ4v) is 3.80. The van der Waals surface area contributed by atoms with Gasteiger partial charge in [0.15, 0.2) is 5.65 Å². The van der Waals surface area contributed by atoms with Crippen molar-refractivity contribution in [2.75, 3.05) is 30.8 Å². The lowest BCUT2D eigenvalue weighted by Gasteiger charge is -2.41. The lowest BCUT2D eigenvalue weighted by molar-refractivity contribution is 0.0212. The van der Waals surface area contributed by atoms with Gasteiger partial charge in [0.1, 0.15) is 10.6 Å². The van der Waals surface area contributed by atoms with E-state index in [-0.39, 0.29) is 28.0 Å². The zero-order valence-corrected chi connectivity index (χ0v) is 18.7. The van der Waals surface area contributed by atoms with Crippen molar-refractivity contribution in [2.24, 2.45) is 0 Å². The van der Waals surface area contributed by atoms with E-state index >= 15 is 0 Å². The molecule has 1 aliphatic heterocycles. The molecule has 10 nitrogen and oxygen atoms in total. The summed E-state index contributed by atoms with van der Waals surface area (Å²) >= 11 is 6.15. The minimum Gasteiger partial charge on any atom is -0.444 e. The standard InChI is InChI=1S/C17H25ClN6O4S/c1-6-11-10-22(16(25)28-17(2,3)4)7-8-23(11)15-21-14(29(5,26)27)20-13-12(18)9-19-24(13)15/h9,11H,6-8,10H2,1-5H3/t11-/m0/s1. The van der Waals surface area contributed by atoms with Gasteiger partial charge in [-0.3, -0.25) is 0 Å². The zero-order chi connectivity index (χ0) is 21.6. The second kappa shape index (κ2) is 7.60. The van der Waals surface area contributed by atoms with Crippen LogP contribution in [0.1, 0.15) is 34.1 Å². The lowest BCUT2D eigenvalue weighted by Crippen LogP contribution is -2.56. The van der Waals surface area contributed by atoms with E-state index in [2.05, 4.69) is 15.1 Å². The van der Waals surface area contributed by atoms with Crippen molar-refractivity contribution in [1.82, 2.24) is 24.5 Å². The minimum atomic E-state index is -3.65. The Balaban J connectivity index is 1.97. The van der Waals surface area contributed by atoms with E-state index in [1.165, 1.54) is 10.7 Å². The molecule has 29 heavy (non-hydrogen) atoms. The van der Waals surface area contributed by atoms with Crippen molar-refractivity contribution in [2.45, 2.75) is 50.9 Å². The van der Waals surface area contributed by atoms with Crippen LogP contribution < -0.4 is 4.90 Å². The molecule has 12 heteroatoms. The van der Waals surface area contributed by atoms with Gasteiger partial charge in [-0.1, -0.05) is 18.5 Å². The molecule has 0 aliphatic carbocycles. The molecule has 0 unspecified atom stereocenters. The minimum absolute atomic E-state index is 0.107. The van der Waals surface area contributed by atoms with Gasteiger partial charge in [-0.2, -0.15) is 19.6 Å². The third kappa shape index (κ3) is 4.55. The first-order chi connectivity index (χ1) is 13.4. The Morgan fingerprint density at radius 3 is 2.59 bits per heavy atom. The number of fused-ring (bicyclic) bond motifs is 1. The Morgan fingerprint density at radius 2 is 2.00 bits per heavy atom. The predicted molar refractivity (Wildman–Crippen MR) is 108 cm³/mol. The number of piperazine rings is 1. The number of hydrogen-bond donors (Lipinski definition) is 0. The van der Waals surface area contributed by atoms with Gasteiger partial charge in [0.2, 0.25) is 15.8 Å². The molecule has 0 spiro atoms. The lowest BCUT2D eigenvalue weighted by atomic mass is 10.1. The van der Waals surface area contributed by atoms with E-state index in [0.29, 0.717) is 32.0 Å². The van der Waals surface area contributed by atoms with Crippen molar-refractivity contribution in [3.63, 3.8) is 0 Å². The highest BCUT2D eigenvalue weighted by molar-refractivity contribution is 7.90. The first-order valence-corrected chi connectivity index (χ1v) is 11.5. The predicted octanol–water partition coefficient (Wildman–Crippen LogP) is 2.02. The summed E-state index contributed by atoms with van der Waals surface area (Å²) < 4.78 is 31.1. The van der Waals surface area contributed by atoms with Crippen LogP contribution in [-0.2, 0) is 14.6 Å². The number of anilines is 1. The van der Waals surface area contributed by atoms with Crippen LogP contribution in [-0.4, -0.2) is 76.5 Å². The van der Waals surface area contributed by atoms with Crippen molar-refractivity contribution in [3.8, 4) is 0 Å². The fourth-order valence-electron chi connectivity index (χ4n) is 3.13. The van der Waals surface area contributed by atoms with Crippen LogP contribution in [0.15, 0.2) is 11.4 Å². The molecular weight excluding hydrogens is 420 g/mol. The summed E-state index contributed by atoms with van der Waals surface area (Å²) in [7, 11) is -3.65. The number of aromatic nitrogens is 4. The van der Waals surface area contributed by atoms with E-state index in [1.54, 1.807) is 4.90 Å². The van der Waals surface area contributed by atoms with E-state index in [9.17, 15) is 13.2 Å². The Hall–Kier alpha value is -2.14. The monoisotopic (exact) mass is 444 g/mol. The molecule has 1 atom stereocenters. The maximum atomic E-state index is 12.5. The van der Waals surface area contributed by atoms with Gasteiger partial charge in [0.25, 0.3) is 5.16 Å². The van der Waals surface area contributed by atoms with Crippen molar-refractivity contribution >= 4 is 39.1 Å². The number of amides is 1. The molecule has 1 saturated heterocycles. The zero-order valence-electron chi connectivity index (χ0n) is 17.1. The highest BCUT2D eigenvalue weighted by Gasteiger charge is 2.34. The van der Waals surface area contributed by atoms with Gasteiger partial charge < -0.3 is 14.5 Å². The fraction of sp³-hybridized carbons (Fsp3) is 0.647. The summed E-state index contributed by atoms with van der Waals surface area (Å²) in [5.41, 5.74) is -0.355. The molecule has 2 aromatic rings. The third-order valence-electron chi connectivity index (χ3n) is 4.48. The number of nitrogens with zero attached hydrogens (tertiary/aromatic N) is 6. The Bertz CT molecular complexity index is 1030. The maximum absolute atomic E-state index is 12.5. The van der Waals surface area contributed by atoms with Crippen molar-refractivity contribution < 1.29 is 17.9 Å². The second-order valence-corrected chi connectivity index (χ2v) is 10.3. The Kier molecular flexibility index (Phi) is 5.65. The molecule has 1 aliphatic rings. The van der Waals surface area contributed by atoms with Crippen LogP contribution in [0.25, 0.3) is 5.65 Å². The number of sulfone groups is 1. The van der Waals surface area contributed by atoms with Gasteiger partial charge in [-0.15, -0.1) is 0 Å². The third-order valence-corrected chi connectivity index (χ3v) is 5.59. The molecule has 1 amide bonds. The quantitative estimate of drug-likeness (QED) is 0.707. The topological polar surface area (TPSA) is 110 Å². The van der Waals surface area contributed by atoms with Gasteiger partial charge in [0, 0.05) is 31.9 Å². The number of carbonyl (C=O) groups is 1. The Morgan fingerprint density at radius 1 is 1.31 bits per heavy atom. The Labute approximate surface area is 174 Å². The van der Waals surface area contributed by atoms with Crippen LogP contribution >= 0.6 is 11.6 Å². The number of halogens is 1. The molecule has 3 heterocycles. The van der Waals surface area contributed by atoms with E-state index < -0.39 is 15.4 Å². The van der Waals surface area contributed by atoms with Crippen LogP contribution in [0.5, 0.6) is 0 Å². The molecule has 0 N–H and O–H groups in total. The average Bonchev–Trinajstić information content (AvgIpc) is 2.99. The number of carbonyl (C=O) groups excluding carboxylic acids is 1. The van der Waals surface area contributed by atoms with Gasteiger partial charge in [0.05, 0.1) is 6.20 Å². The van der Waals surface area contributed by atoms with Crippen molar-refractivity contribution in [1.29, 1.82) is 0 Å².